The minimum absolute atomic E-state index is 0.128. The van der Waals surface area contributed by atoms with E-state index < -0.39 is 9.84 Å². The largest absolute Gasteiger partial charge is 0.464 e. The number of sulfone groups is 1. The summed E-state index contributed by atoms with van der Waals surface area (Å²) in [5.41, 5.74) is 0. The van der Waals surface area contributed by atoms with Gasteiger partial charge in [-0.15, -0.1) is 0 Å². The molecular formula is C11H21N5O3S. The fourth-order valence-corrected chi connectivity index (χ4v) is 2.07. The number of hydrogen-bond acceptors (Lipinski definition) is 8. The van der Waals surface area contributed by atoms with Gasteiger partial charge in [-0.2, -0.15) is 15.0 Å². The van der Waals surface area contributed by atoms with Crippen LogP contribution in [0.15, 0.2) is 0 Å². The lowest BCUT2D eigenvalue weighted by atomic mass is 10.5. The van der Waals surface area contributed by atoms with Crippen LogP contribution in [-0.4, -0.2) is 55.1 Å². The number of ether oxygens (including phenoxy) is 1. The van der Waals surface area contributed by atoms with Crippen molar-refractivity contribution < 1.29 is 13.2 Å². The third-order valence-electron chi connectivity index (χ3n) is 2.20. The van der Waals surface area contributed by atoms with E-state index >= 15 is 0 Å². The van der Waals surface area contributed by atoms with E-state index in [-0.39, 0.29) is 11.8 Å². The molecule has 0 aromatic carbocycles. The summed E-state index contributed by atoms with van der Waals surface area (Å²) >= 11 is 0. The van der Waals surface area contributed by atoms with Crippen LogP contribution in [0.1, 0.15) is 20.3 Å². The Morgan fingerprint density at radius 1 is 1.10 bits per heavy atom. The van der Waals surface area contributed by atoms with E-state index in [1.807, 2.05) is 13.8 Å². The highest BCUT2D eigenvalue weighted by molar-refractivity contribution is 7.90. The van der Waals surface area contributed by atoms with Crippen molar-refractivity contribution in [1.29, 1.82) is 0 Å². The summed E-state index contributed by atoms with van der Waals surface area (Å²) < 4.78 is 27.3. The number of nitrogens with one attached hydrogen (secondary N) is 2. The van der Waals surface area contributed by atoms with E-state index in [0.717, 1.165) is 0 Å². The second kappa shape index (κ2) is 7.83. The van der Waals surface area contributed by atoms with Crippen LogP contribution in [0, 0.1) is 0 Å². The first-order valence-electron chi connectivity index (χ1n) is 6.49. The van der Waals surface area contributed by atoms with Crippen LogP contribution in [-0.2, 0) is 9.84 Å². The molecule has 0 saturated carbocycles. The molecule has 8 nitrogen and oxygen atoms in total. The standard InChI is InChI=1S/C11H21N5O3S/c1-4-12-9-14-10(16-11(15-9)19-5-2)13-7-6-8-20(3,17)18/h4-8H2,1-3H3,(H2,12,13,14,15,16). The van der Waals surface area contributed by atoms with Gasteiger partial charge in [-0.25, -0.2) is 8.42 Å². The van der Waals surface area contributed by atoms with Gasteiger partial charge in [0.1, 0.15) is 9.84 Å². The first-order chi connectivity index (χ1) is 9.44. The molecular weight excluding hydrogens is 282 g/mol. The zero-order valence-electron chi connectivity index (χ0n) is 12.0. The molecule has 9 heteroatoms. The van der Waals surface area contributed by atoms with Crippen molar-refractivity contribution in [2.24, 2.45) is 0 Å². The summed E-state index contributed by atoms with van der Waals surface area (Å²) in [5.74, 6) is 0.924. The average molecular weight is 303 g/mol. The summed E-state index contributed by atoms with van der Waals surface area (Å²) in [6.07, 6.45) is 1.71. The molecule has 0 aliphatic rings. The zero-order chi connectivity index (χ0) is 15.0. The first kappa shape index (κ1) is 16.4. The molecule has 1 aromatic rings. The van der Waals surface area contributed by atoms with Crippen LogP contribution < -0.4 is 15.4 Å². The quantitative estimate of drug-likeness (QED) is 0.637. The van der Waals surface area contributed by atoms with E-state index in [2.05, 4.69) is 25.6 Å². The van der Waals surface area contributed by atoms with Crippen molar-refractivity contribution in [1.82, 2.24) is 15.0 Å². The predicted octanol–water partition coefficient (Wildman–Crippen LogP) is 0.549. The van der Waals surface area contributed by atoms with Crippen molar-refractivity contribution in [3.05, 3.63) is 0 Å². The van der Waals surface area contributed by atoms with Crippen LogP contribution in [0.2, 0.25) is 0 Å². The molecule has 1 rings (SSSR count). The molecule has 0 radical (unpaired) electrons. The molecule has 20 heavy (non-hydrogen) atoms. The number of aromatic nitrogens is 3. The van der Waals surface area contributed by atoms with Gasteiger partial charge in [-0.05, 0) is 20.3 Å². The topological polar surface area (TPSA) is 106 Å². The van der Waals surface area contributed by atoms with Gasteiger partial charge in [0, 0.05) is 19.3 Å². The molecule has 0 amide bonds. The Hall–Kier alpha value is -1.64. The summed E-state index contributed by atoms with van der Waals surface area (Å²) in [6.45, 7) is 5.39. The molecule has 0 bridgehead atoms. The Bertz CT molecular complexity index is 497. The van der Waals surface area contributed by atoms with Crippen LogP contribution in [0.5, 0.6) is 6.01 Å². The highest BCUT2D eigenvalue weighted by atomic mass is 32.2. The number of anilines is 2. The zero-order valence-corrected chi connectivity index (χ0v) is 12.8. The van der Waals surface area contributed by atoms with E-state index in [9.17, 15) is 8.42 Å². The normalized spacial score (nSPS) is 11.2. The molecule has 0 saturated heterocycles. The monoisotopic (exact) mass is 303 g/mol. The Morgan fingerprint density at radius 2 is 1.75 bits per heavy atom. The van der Waals surface area contributed by atoms with E-state index in [0.29, 0.717) is 38.0 Å². The smallest absolute Gasteiger partial charge is 0.323 e. The summed E-state index contributed by atoms with van der Waals surface area (Å²) in [6, 6.07) is 0.240. The van der Waals surface area contributed by atoms with Crippen LogP contribution in [0.3, 0.4) is 0 Å². The lowest BCUT2D eigenvalue weighted by Gasteiger charge is -2.09. The Balaban J connectivity index is 2.63. The fourth-order valence-electron chi connectivity index (χ4n) is 1.40. The maximum atomic E-state index is 11.0. The molecule has 114 valence electrons. The second-order valence-corrected chi connectivity index (χ2v) is 6.40. The lowest BCUT2D eigenvalue weighted by molar-refractivity contribution is 0.312. The maximum absolute atomic E-state index is 11.0. The minimum atomic E-state index is -2.94. The van der Waals surface area contributed by atoms with Gasteiger partial charge >= 0.3 is 6.01 Å². The van der Waals surface area contributed by atoms with Gasteiger partial charge in [0.25, 0.3) is 0 Å². The lowest BCUT2D eigenvalue weighted by Crippen LogP contribution is -2.13. The van der Waals surface area contributed by atoms with Crippen LogP contribution >= 0.6 is 0 Å². The molecule has 0 aliphatic carbocycles. The van der Waals surface area contributed by atoms with E-state index in [1.54, 1.807) is 0 Å². The Kier molecular flexibility index (Phi) is 6.43. The molecule has 1 aromatic heterocycles. The van der Waals surface area contributed by atoms with Gasteiger partial charge in [-0.1, -0.05) is 0 Å². The first-order valence-corrected chi connectivity index (χ1v) is 8.55. The van der Waals surface area contributed by atoms with E-state index in [4.69, 9.17) is 4.74 Å². The van der Waals surface area contributed by atoms with Gasteiger partial charge < -0.3 is 15.4 Å². The molecule has 0 atom stereocenters. The third-order valence-corrected chi connectivity index (χ3v) is 3.23. The van der Waals surface area contributed by atoms with Crippen molar-refractivity contribution >= 4 is 21.7 Å². The summed E-state index contributed by atoms with van der Waals surface area (Å²) in [5, 5.41) is 5.95. The molecule has 0 unspecified atom stereocenters. The van der Waals surface area contributed by atoms with Gasteiger partial charge in [-0.3, -0.25) is 0 Å². The highest BCUT2D eigenvalue weighted by Gasteiger charge is 2.07. The molecule has 0 fully saturated rings. The van der Waals surface area contributed by atoms with Crippen molar-refractivity contribution in [2.45, 2.75) is 20.3 Å². The third kappa shape index (κ3) is 6.50. The molecule has 1 heterocycles. The van der Waals surface area contributed by atoms with Crippen LogP contribution in [0.25, 0.3) is 0 Å². The predicted molar refractivity (Wildman–Crippen MR) is 78.0 cm³/mol. The number of nitrogens with zero attached hydrogens (tertiary/aromatic N) is 3. The average Bonchev–Trinajstić information content (AvgIpc) is 2.34. The van der Waals surface area contributed by atoms with Gasteiger partial charge in [0.2, 0.25) is 11.9 Å². The summed E-state index contributed by atoms with van der Waals surface area (Å²) in [7, 11) is -2.94. The van der Waals surface area contributed by atoms with Gasteiger partial charge in [0.15, 0.2) is 0 Å². The SMILES string of the molecule is CCNc1nc(NCCCS(C)(=O)=O)nc(OCC)n1. The molecule has 0 aliphatic heterocycles. The Labute approximate surface area is 119 Å². The van der Waals surface area contributed by atoms with E-state index in [1.165, 1.54) is 6.26 Å². The maximum Gasteiger partial charge on any atom is 0.323 e. The highest BCUT2D eigenvalue weighted by Crippen LogP contribution is 2.11. The van der Waals surface area contributed by atoms with Crippen LogP contribution in [0.4, 0.5) is 11.9 Å². The molecule has 0 spiro atoms. The second-order valence-electron chi connectivity index (χ2n) is 4.14. The minimum Gasteiger partial charge on any atom is -0.464 e. The van der Waals surface area contributed by atoms with Crippen molar-refractivity contribution in [3.63, 3.8) is 0 Å². The number of hydrogen-bond donors (Lipinski definition) is 2. The Morgan fingerprint density at radius 3 is 2.30 bits per heavy atom. The fraction of sp³-hybridized carbons (Fsp3) is 0.727. The van der Waals surface area contributed by atoms with Crippen molar-refractivity contribution in [3.8, 4) is 6.01 Å². The number of rotatable bonds is 9. The summed E-state index contributed by atoms with van der Waals surface area (Å²) in [4.78, 5) is 12.3. The van der Waals surface area contributed by atoms with Gasteiger partial charge in [0.05, 0.1) is 12.4 Å². The van der Waals surface area contributed by atoms with Crippen molar-refractivity contribution in [2.75, 3.05) is 42.3 Å². The molecule has 2 N–H and O–H groups in total.